The predicted octanol–water partition coefficient (Wildman–Crippen LogP) is 5.04. The topological polar surface area (TPSA) is 45.2 Å². The average molecular weight is 359 g/mol. The third-order valence-electron chi connectivity index (χ3n) is 4.56. The Morgan fingerprint density at radius 3 is 2.48 bits per heavy atom. The van der Waals surface area contributed by atoms with Crippen LogP contribution in [0.3, 0.4) is 0 Å². The average Bonchev–Trinajstić information content (AvgIpc) is 2.70. The van der Waals surface area contributed by atoms with Crippen LogP contribution >= 0.6 is 0 Å². The third-order valence-corrected chi connectivity index (χ3v) is 4.56. The number of benzene rings is 2. The Morgan fingerprint density at radius 1 is 1.07 bits per heavy atom. The number of aromatic nitrogens is 1. The van der Waals surface area contributed by atoms with Gasteiger partial charge in [-0.2, -0.15) is 0 Å². The third kappa shape index (κ3) is 4.53. The maximum absolute atomic E-state index is 12.5. The Hall–Kier alpha value is -3.14. The van der Waals surface area contributed by atoms with Gasteiger partial charge in [-0.25, -0.2) is 4.98 Å². The second-order valence-electron chi connectivity index (χ2n) is 6.59. The molecule has 0 aliphatic carbocycles. The molecule has 0 bridgehead atoms. The highest BCUT2D eigenvalue weighted by atomic mass is 16.1. The number of rotatable bonds is 6. The van der Waals surface area contributed by atoms with Gasteiger partial charge in [0, 0.05) is 18.4 Å². The summed E-state index contributed by atoms with van der Waals surface area (Å²) >= 11 is 0. The van der Waals surface area contributed by atoms with Crippen molar-refractivity contribution >= 4 is 17.4 Å². The Kier molecular flexibility index (Phi) is 5.87. The molecule has 0 saturated heterocycles. The Labute approximate surface area is 160 Å². The summed E-state index contributed by atoms with van der Waals surface area (Å²) in [5.74, 6) is 0.708. The molecule has 3 aromatic rings. The van der Waals surface area contributed by atoms with Crippen molar-refractivity contribution in [2.24, 2.45) is 0 Å². The minimum absolute atomic E-state index is 0.0576. The summed E-state index contributed by atoms with van der Waals surface area (Å²) < 4.78 is 0. The smallest absolute Gasteiger partial charge is 0.253 e. The van der Waals surface area contributed by atoms with Gasteiger partial charge in [-0.1, -0.05) is 42.5 Å². The zero-order valence-electron chi connectivity index (χ0n) is 16.0. The molecule has 138 valence electrons. The fourth-order valence-corrected chi connectivity index (χ4v) is 3.06. The molecule has 0 radical (unpaired) electrons. The number of pyridine rings is 1. The van der Waals surface area contributed by atoms with Crippen molar-refractivity contribution in [3.05, 3.63) is 89.6 Å². The van der Waals surface area contributed by atoms with Gasteiger partial charge in [0.1, 0.15) is 5.82 Å². The van der Waals surface area contributed by atoms with Crippen LogP contribution in [-0.2, 0) is 0 Å². The molecule has 1 unspecified atom stereocenters. The first kappa shape index (κ1) is 18.6. The Bertz CT molecular complexity index is 891. The second kappa shape index (κ2) is 8.49. The number of nitrogens with zero attached hydrogens (tertiary/aromatic N) is 2. The lowest BCUT2D eigenvalue weighted by Gasteiger charge is -2.22. The molecule has 1 aromatic heterocycles. The molecule has 1 N–H and O–H groups in total. The van der Waals surface area contributed by atoms with Crippen LogP contribution in [0.4, 0.5) is 11.5 Å². The van der Waals surface area contributed by atoms with E-state index in [-0.39, 0.29) is 11.9 Å². The number of hydrogen-bond acceptors (Lipinski definition) is 3. The number of aryl methyl sites for hydroxylation is 1. The number of carbonyl (C=O) groups excluding carboxylic acids is 1. The van der Waals surface area contributed by atoms with Crippen molar-refractivity contribution in [3.8, 4) is 0 Å². The first-order valence-electron chi connectivity index (χ1n) is 9.24. The van der Waals surface area contributed by atoms with Crippen LogP contribution in [0.15, 0.2) is 72.9 Å². The molecular formula is C23H25N3O. The molecule has 4 heteroatoms. The summed E-state index contributed by atoms with van der Waals surface area (Å²) in [5, 5.41) is 3.02. The van der Waals surface area contributed by atoms with E-state index in [1.165, 1.54) is 5.56 Å². The normalized spacial score (nSPS) is 11.7. The molecule has 1 amide bonds. The second-order valence-corrected chi connectivity index (χ2v) is 6.59. The summed E-state index contributed by atoms with van der Waals surface area (Å²) in [4.78, 5) is 19.2. The number of nitrogens with one attached hydrogen (secondary N) is 1. The van der Waals surface area contributed by atoms with Crippen molar-refractivity contribution in [2.45, 2.75) is 26.8 Å². The molecular weight excluding hydrogens is 334 g/mol. The zero-order chi connectivity index (χ0) is 19.2. The number of amides is 1. The molecule has 0 aliphatic rings. The Morgan fingerprint density at radius 2 is 1.85 bits per heavy atom. The highest BCUT2D eigenvalue weighted by molar-refractivity contribution is 5.94. The minimum atomic E-state index is -0.121. The Balaban J connectivity index is 1.73. The van der Waals surface area contributed by atoms with Gasteiger partial charge >= 0.3 is 0 Å². The van der Waals surface area contributed by atoms with E-state index in [1.54, 1.807) is 6.20 Å². The van der Waals surface area contributed by atoms with Crippen molar-refractivity contribution in [1.82, 2.24) is 10.3 Å². The fraction of sp³-hybridized carbons (Fsp3) is 0.217. The molecule has 4 nitrogen and oxygen atoms in total. The van der Waals surface area contributed by atoms with E-state index in [0.29, 0.717) is 5.56 Å². The zero-order valence-corrected chi connectivity index (χ0v) is 16.0. The van der Waals surface area contributed by atoms with Gasteiger partial charge in [0.05, 0.1) is 11.6 Å². The predicted molar refractivity (Wildman–Crippen MR) is 110 cm³/mol. The first-order valence-corrected chi connectivity index (χ1v) is 9.24. The van der Waals surface area contributed by atoms with Crippen LogP contribution < -0.4 is 10.2 Å². The molecule has 0 saturated carbocycles. The summed E-state index contributed by atoms with van der Waals surface area (Å²) in [6.45, 7) is 6.94. The lowest BCUT2D eigenvalue weighted by molar-refractivity contribution is 0.0939. The van der Waals surface area contributed by atoms with Gasteiger partial charge in [-0.15, -0.1) is 0 Å². The highest BCUT2D eigenvalue weighted by Crippen LogP contribution is 2.24. The first-order chi connectivity index (χ1) is 13.1. The lowest BCUT2D eigenvalue weighted by Crippen LogP contribution is -2.27. The van der Waals surface area contributed by atoms with Gasteiger partial charge in [-0.3, -0.25) is 4.79 Å². The van der Waals surface area contributed by atoms with Crippen LogP contribution in [0.25, 0.3) is 0 Å². The molecule has 27 heavy (non-hydrogen) atoms. The summed E-state index contributed by atoms with van der Waals surface area (Å²) in [6.07, 6.45) is 1.64. The lowest BCUT2D eigenvalue weighted by atomic mass is 10.1. The van der Waals surface area contributed by atoms with Crippen molar-refractivity contribution in [2.75, 3.05) is 11.4 Å². The molecule has 1 heterocycles. The molecule has 0 aliphatic heterocycles. The van der Waals surface area contributed by atoms with E-state index in [9.17, 15) is 4.79 Å². The van der Waals surface area contributed by atoms with Crippen molar-refractivity contribution < 1.29 is 4.79 Å². The van der Waals surface area contributed by atoms with Gasteiger partial charge in [0.2, 0.25) is 0 Å². The maximum Gasteiger partial charge on any atom is 0.253 e. The van der Waals surface area contributed by atoms with Crippen LogP contribution in [-0.4, -0.2) is 17.4 Å². The van der Waals surface area contributed by atoms with E-state index in [2.05, 4.69) is 47.2 Å². The van der Waals surface area contributed by atoms with Gasteiger partial charge < -0.3 is 10.2 Å². The van der Waals surface area contributed by atoms with E-state index in [1.807, 2.05) is 55.5 Å². The number of carbonyl (C=O) groups is 1. The molecule has 3 rings (SSSR count). The van der Waals surface area contributed by atoms with Gasteiger partial charge in [-0.05, 0) is 56.2 Å². The van der Waals surface area contributed by atoms with E-state index in [0.717, 1.165) is 23.6 Å². The summed E-state index contributed by atoms with van der Waals surface area (Å²) in [6, 6.07) is 21.9. The summed E-state index contributed by atoms with van der Waals surface area (Å²) in [7, 11) is 0. The highest BCUT2D eigenvalue weighted by Gasteiger charge is 2.13. The van der Waals surface area contributed by atoms with Gasteiger partial charge in [0.25, 0.3) is 5.91 Å². The van der Waals surface area contributed by atoms with E-state index >= 15 is 0 Å². The molecule has 1 atom stereocenters. The SMILES string of the molecule is CCN(c1cccc(C)c1)c1ccc(C(=O)NC(C)c2ccccc2)cn1. The largest absolute Gasteiger partial charge is 0.345 e. The monoisotopic (exact) mass is 359 g/mol. The molecule has 2 aromatic carbocycles. The van der Waals surface area contributed by atoms with E-state index < -0.39 is 0 Å². The minimum Gasteiger partial charge on any atom is -0.345 e. The van der Waals surface area contributed by atoms with Crippen molar-refractivity contribution in [1.29, 1.82) is 0 Å². The molecule has 0 fully saturated rings. The fourth-order valence-electron chi connectivity index (χ4n) is 3.06. The van der Waals surface area contributed by atoms with Crippen molar-refractivity contribution in [3.63, 3.8) is 0 Å². The molecule has 0 spiro atoms. The number of hydrogen-bond donors (Lipinski definition) is 1. The maximum atomic E-state index is 12.5. The number of anilines is 2. The standard InChI is InChI=1S/C23H25N3O/c1-4-26(21-12-8-9-17(2)15-21)22-14-13-20(16-24-22)23(27)25-18(3)19-10-6-5-7-11-19/h5-16,18H,4H2,1-3H3,(H,25,27). The van der Waals surface area contributed by atoms with Crippen LogP contribution in [0, 0.1) is 6.92 Å². The van der Waals surface area contributed by atoms with Gasteiger partial charge in [0.15, 0.2) is 0 Å². The quantitative estimate of drug-likeness (QED) is 0.671. The van der Waals surface area contributed by atoms with E-state index in [4.69, 9.17) is 0 Å². The van der Waals surface area contributed by atoms with Crippen LogP contribution in [0.2, 0.25) is 0 Å². The van der Waals surface area contributed by atoms with Crippen LogP contribution in [0.5, 0.6) is 0 Å². The summed E-state index contributed by atoms with van der Waals surface area (Å²) in [5.41, 5.74) is 3.94. The van der Waals surface area contributed by atoms with Crippen LogP contribution in [0.1, 0.15) is 41.4 Å².